The van der Waals surface area contributed by atoms with Gasteiger partial charge in [0.05, 0.1) is 12.3 Å². The van der Waals surface area contributed by atoms with Crippen LogP contribution in [0.3, 0.4) is 0 Å². The smallest absolute Gasteiger partial charge is 0.313 e. The fraction of sp³-hybridized carbons (Fsp3) is 0.200. The van der Waals surface area contributed by atoms with Crippen molar-refractivity contribution in [1.82, 2.24) is 9.55 Å². The monoisotopic (exact) mass is 332 g/mol. The van der Waals surface area contributed by atoms with Crippen molar-refractivity contribution in [3.05, 3.63) is 33.2 Å². The number of thiophene rings is 1. The second kappa shape index (κ2) is 5.70. The Hall–Kier alpha value is -0.790. The van der Waals surface area contributed by atoms with Gasteiger partial charge in [0, 0.05) is 21.7 Å². The Labute approximate surface area is 115 Å². The number of imidazole rings is 1. The number of aliphatic carboxylic acids is 1. The lowest BCUT2D eigenvalue weighted by Crippen LogP contribution is -2.03. The van der Waals surface area contributed by atoms with E-state index in [0.29, 0.717) is 6.54 Å². The van der Waals surface area contributed by atoms with Crippen LogP contribution < -0.4 is 0 Å². The van der Waals surface area contributed by atoms with Crippen molar-refractivity contribution in [3.63, 3.8) is 0 Å². The molecule has 2 heterocycles. The van der Waals surface area contributed by atoms with Crippen LogP contribution in [0.25, 0.3) is 0 Å². The zero-order valence-corrected chi connectivity index (χ0v) is 11.9. The molecule has 17 heavy (non-hydrogen) atoms. The number of thioether (sulfide) groups is 1. The van der Waals surface area contributed by atoms with Gasteiger partial charge in [0.15, 0.2) is 5.16 Å². The standard InChI is InChI=1S/C10H9BrN2O2S2/c11-7-1-4-16-8(7)5-13-3-2-12-10(13)17-6-9(14)15/h1-4H,5-6H2,(H,14,15). The van der Waals surface area contributed by atoms with Crippen LogP contribution in [-0.4, -0.2) is 26.4 Å². The van der Waals surface area contributed by atoms with E-state index in [-0.39, 0.29) is 5.75 Å². The lowest BCUT2D eigenvalue weighted by molar-refractivity contribution is -0.133. The number of nitrogens with zero attached hydrogens (tertiary/aromatic N) is 2. The van der Waals surface area contributed by atoms with E-state index in [1.165, 1.54) is 16.6 Å². The van der Waals surface area contributed by atoms with Gasteiger partial charge in [-0.2, -0.15) is 0 Å². The first-order chi connectivity index (χ1) is 8.16. The molecule has 0 aliphatic carbocycles. The van der Waals surface area contributed by atoms with E-state index in [2.05, 4.69) is 20.9 Å². The van der Waals surface area contributed by atoms with Crippen LogP contribution in [-0.2, 0) is 11.3 Å². The Morgan fingerprint density at radius 2 is 2.47 bits per heavy atom. The summed E-state index contributed by atoms with van der Waals surface area (Å²) in [6.07, 6.45) is 3.54. The molecule has 0 saturated carbocycles. The number of rotatable bonds is 5. The maximum absolute atomic E-state index is 10.5. The van der Waals surface area contributed by atoms with E-state index in [0.717, 1.165) is 9.63 Å². The highest BCUT2D eigenvalue weighted by atomic mass is 79.9. The molecular weight excluding hydrogens is 324 g/mol. The van der Waals surface area contributed by atoms with Gasteiger partial charge in [-0.05, 0) is 27.4 Å². The highest BCUT2D eigenvalue weighted by Gasteiger charge is 2.09. The Kier molecular flexibility index (Phi) is 4.25. The summed E-state index contributed by atoms with van der Waals surface area (Å²) in [6.45, 7) is 0.709. The maximum atomic E-state index is 10.5. The Bertz CT molecular complexity index is 524. The van der Waals surface area contributed by atoms with E-state index in [1.807, 2.05) is 22.2 Å². The first kappa shape index (κ1) is 12.7. The average molecular weight is 333 g/mol. The molecule has 0 saturated heterocycles. The van der Waals surface area contributed by atoms with Crippen LogP contribution in [0.15, 0.2) is 33.5 Å². The van der Waals surface area contributed by atoms with Crippen molar-refractivity contribution in [2.75, 3.05) is 5.75 Å². The van der Waals surface area contributed by atoms with Crippen LogP contribution in [0.5, 0.6) is 0 Å². The maximum Gasteiger partial charge on any atom is 0.313 e. The van der Waals surface area contributed by atoms with Gasteiger partial charge in [0.25, 0.3) is 0 Å². The van der Waals surface area contributed by atoms with E-state index >= 15 is 0 Å². The Morgan fingerprint density at radius 1 is 1.65 bits per heavy atom. The number of halogens is 1. The minimum absolute atomic E-state index is 0.0304. The normalized spacial score (nSPS) is 10.6. The summed E-state index contributed by atoms with van der Waals surface area (Å²) in [4.78, 5) is 15.9. The molecule has 90 valence electrons. The molecule has 2 aromatic rings. The van der Waals surface area contributed by atoms with Crippen molar-refractivity contribution in [3.8, 4) is 0 Å². The van der Waals surface area contributed by atoms with Crippen LogP contribution in [0.1, 0.15) is 4.88 Å². The van der Waals surface area contributed by atoms with Crippen molar-refractivity contribution in [2.45, 2.75) is 11.7 Å². The van der Waals surface area contributed by atoms with Gasteiger partial charge in [-0.25, -0.2) is 4.98 Å². The lowest BCUT2D eigenvalue weighted by Gasteiger charge is -2.05. The van der Waals surface area contributed by atoms with Crippen LogP contribution in [0, 0.1) is 0 Å². The summed E-state index contributed by atoms with van der Waals surface area (Å²) in [7, 11) is 0. The van der Waals surface area contributed by atoms with E-state index < -0.39 is 5.97 Å². The first-order valence-corrected chi connectivity index (χ1v) is 7.40. The van der Waals surface area contributed by atoms with E-state index in [4.69, 9.17) is 5.11 Å². The highest BCUT2D eigenvalue weighted by Crippen LogP contribution is 2.25. The van der Waals surface area contributed by atoms with Crippen molar-refractivity contribution < 1.29 is 9.90 Å². The summed E-state index contributed by atoms with van der Waals surface area (Å²) in [5, 5.41) is 11.4. The third kappa shape index (κ3) is 3.34. The second-order valence-corrected chi connectivity index (χ2v) is 6.01. The molecule has 0 fully saturated rings. The predicted molar refractivity (Wildman–Crippen MR) is 71.7 cm³/mol. The van der Waals surface area contributed by atoms with Crippen molar-refractivity contribution in [1.29, 1.82) is 0 Å². The van der Waals surface area contributed by atoms with Gasteiger partial charge in [-0.3, -0.25) is 4.79 Å². The zero-order valence-electron chi connectivity index (χ0n) is 8.67. The molecule has 0 amide bonds. The number of hydrogen-bond acceptors (Lipinski definition) is 4. The van der Waals surface area contributed by atoms with Crippen LogP contribution >= 0.6 is 39.0 Å². The summed E-state index contributed by atoms with van der Waals surface area (Å²) in [5.74, 6) is -0.801. The molecule has 1 N–H and O–H groups in total. The minimum Gasteiger partial charge on any atom is -0.481 e. The molecule has 2 aromatic heterocycles. The number of hydrogen-bond donors (Lipinski definition) is 1. The molecule has 7 heteroatoms. The molecule has 0 unspecified atom stereocenters. The Morgan fingerprint density at radius 3 is 3.12 bits per heavy atom. The zero-order chi connectivity index (χ0) is 12.3. The number of aromatic nitrogens is 2. The van der Waals surface area contributed by atoms with Crippen LogP contribution in [0.2, 0.25) is 0 Å². The summed E-state index contributed by atoms with van der Waals surface area (Å²) in [6, 6.07) is 2.00. The predicted octanol–water partition coefficient (Wildman–Crippen LogP) is 2.93. The molecule has 0 aliphatic heterocycles. The number of carboxylic acid groups (broad SMARTS) is 1. The third-order valence-electron chi connectivity index (χ3n) is 2.01. The molecule has 2 rings (SSSR count). The highest BCUT2D eigenvalue weighted by molar-refractivity contribution is 9.10. The van der Waals surface area contributed by atoms with Gasteiger partial charge in [-0.1, -0.05) is 11.8 Å². The molecule has 0 bridgehead atoms. The summed E-state index contributed by atoms with van der Waals surface area (Å²) in [5.41, 5.74) is 0. The molecule has 0 atom stereocenters. The van der Waals surface area contributed by atoms with Crippen LogP contribution in [0.4, 0.5) is 0 Å². The van der Waals surface area contributed by atoms with Gasteiger partial charge in [0.2, 0.25) is 0 Å². The van der Waals surface area contributed by atoms with Crippen molar-refractivity contribution >= 4 is 45.0 Å². The van der Waals surface area contributed by atoms with Crippen molar-refractivity contribution in [2.24, 2.45) is 0 Å². The SMILES string of the molecule is O=C(O)CSc1nccn1Cc1sccc1Br. The van der Waals surface area contributed by atoms with Gasteiger partial charge < -0.3 is 9.67 Å². The quantitative estimate of drug-likeness (QED) is 0.855. The second-order valence-electron chi connectivity index (χ2n) is 3.21. The molecule has 0 aromatic carbocycles. The van der Waals surface area contributed by atoms with E-state index in [1.54, 1.807) is 17.5 Å². The number of carbonyl (C=O) groups is 1. The van der Waals surface area contributed by atoms with Gasteiger partial charge >= 0.3 is 5.97 Å². The van der Waals surface area contributed by atoms with Gasteiger partial charge in [0.1, 0.15) is 0 Å². The minimum atomic E-state index is -0.832. The summed E-state index contributed by atoms with van der Waals surface area (Å²) >= 11 is 6.37. The fourth-order valence-electron chi connectivity index (χ4n) is 1.27. The van der Waals surface area contributed by atoms with Gasteiger partial charge in [-0.15, -0.1) is 11.3 Å². The largest absolute Gasteiger partial charge is 0.481 e. The molecule has 0 spiro atoms. The summed E-state index contributed by atoms with van der Waals surface area (Å²) < 4.78 is 3.02. The number of carboxylic acids is 1. The lowest BCUT2D eigenvalue weighted by atomic mass is 10.4. The molecule has 0 radical (unpaired) electrons. The topological polar surface area (TPSA) is 55.1 Å². The molecule has 0 aliphatic rings. The van der Waals surface area contributed by atoms with E-state index in [9.17, 15) is 4.79 Å². The fourth-order valence-corrected chi connectivity index (χ4v) is 3.43. The first-order valence-electron chi connectivity index (χ1n) is 4.74. The average Bonchev–Trinajstić information content (AvgIpc) is 2.87. The molecule has 4 nitrogen and oxygen atoms in total. The molecular formula is C10H9BrN2O2S2. The third-order valence-corrected chi connectivity index (χ3v) is 4.91. The Balaban J connectivity index is 2.09.